The van der Waals surface area contributed by atoms with Crippen LogP contribution >= 0.6 is 0 Å². The molecule has 0 aromatic heterocycles. The van der Waals surface area contributed by atoms with Gasteiger partial charge in [0.1, 0.15) is 0 Å². The lowest BCUT2D eigenvalue weighted by molar-refractivity contribution is 0.119. The van der Waals surface area contributed by atoms with Gasteiger partial charge in [0.15, 0.2) is 0 Å². The Morgan fingerprint density at radius 3 is 2.67 bits per heavy atom. The highest BCUT2D eigenvalue weighted by Gasteiger charge is 2.17. The van der Waals surface area contributed by atoms with Gasteiger partial charge in [-0.05, 0) is 47.6 Å². The summed E-state index contributed by atoms with van der Waals surface area (Å²) >= 11 is 0. The standard InChI is InChI=1S/C17H18O/c1-12(18-2)9-13-7-8-17-15(10-13)11-14-5-3-4-6-16(14)17/h3-8,10,12H,9,11H2,1-2H3. The first-order valence-corrected chi connectivity index (χ1v) is 6.51. The fourth-order valence-electron chi connectivity index (χ4n) is 2.74. The minimum Gasteiger partial charge on any atom is -0.381 e. The van der Waals surface area contributed by atoms with E-state index in [0.717, 1.165) is 12.8 Å². The topological polar surface area (TPSA) is 9.23 Å². The molecule has 1 atom stereocenters. The van der Waals surface area contributed by atoms with Gasteiger partial charge in [-0.25, -0.2) is 0 Å². The van der Waals surface area contributed by atoms with E-state index in [1.54, 1.807) is 7.11 Å². The molecular formula is C17H18O. The second-order valence-electron chi connectivity index (χ2n) is 5.08. The Balaban J connectivity index is 1.93. The van der Waals surface area contributed by atoms with Crippen LogP contribution in [0.1, 0.15) is 23.6 Å². The fraction of sp³-hybridized carbons (Fsp3) is 0.294. The molecule has 0 bridgehead atoms. The lowest BCUT2D eigenvalue weighted by atomic mass is 10.0. The summed E-state index contributed by atoms with van der Waals surface area (Å²) in [5, 5.41) is 0. The van der Waals surface area contributed by atoms with Gasteiger partial charge in [-0.15, -0.1) is 0 Å². The maximum absolute atomic E-state index is 5.34. The minimum absolute atomic E-state index is 0.284. The second kappa shape index (κ2) is 4.58. The quantitative estimate of drug-likeness (QED) is 0.673. The zero-order valence-corrected chi connectivity index (χ0v) is 10.9. The van der Waals surface area contributed by atoms with E-state index in [1.165, 1.54) is 27.8 Å². The van der Waals surface area contributed by atoms with Crippen LogP contribution in [0.2, 0.25) is 0 Å². The van der Waals surface area contributed by atoms with Crippen LogP contribution in [0.3, 0.4) is 0 Å². The summed E-state index contributed by atoms with van der Waals surface area (Å²) in [5.74, 6) is 0. The molecule has 1 aliphatic carbocycles. The molecule has 1 heteroatoms. The average Bonchev–Trinajstić information content (AvgIpc) is 2.76. The average molecular weight is 238 g/mol. The monoisotopic (exact) mass is 238 g/mol. The van der Waals surface area contributed by atoms with Crippen molar-refractivity contribution >= 4 is 0 Å². The molecule has 0 amide bonds. The van der Waals surface area contributed by atoms with E-state index in [1.807, 2.05) is 0 Å². The van der Waals surface area contributed by atoms with Crippen LogP contribution in [0.25, 0.3) is 11.1 Å². The zero-order valence-electron chi connectivity index (χ0n) is 10.9. The highest BCUT2D eigenvalue weighted by molar-refractivity contribution is 5.76. The molecule has 0 radical (unpaired) electrons. The van der Waals surface area contributed by atoms with Crippen molar-refractivity contribution in [3.8, 4) is 11.1 Å². The molecule has 3 rings (SSSR count). The molecule has 0 aliphatic heterocycles. The van der Waals surface area contributed by atoms with E-state index in [4.69, 9.17) is 4.74 Å². The summed E-state index contributed by atoms with van der Waals surface area (Å²) in [4.78, 5) is 0. The van der Waals surface area contributed by atoms with Crippen LogP contribution < -0.4 is 0 Å². The van der Waals surface area contributed by atoms with Crippen molar-refractivity contribution in [2.75, 3.05) is 7.11 Å². The Labute approximate surface area is 108 Å². The molecule has 0 saturated heterocycles. The van der Waals surface area contributed by atoms with Gasteiger partial charge >= 0.3 is 0 Å². The third-order valence-electron chi connectivity index (χ3n) is 3.78. The molecular weight excluding hydrogens is 220 g/mol. The summed E-state index contributed by atoms with van der Waals surface area (Å²) < 4.78 is 5.34. The van der Waals surface area contributed by atoms with Crippen molar-refractivity contribution in [1.29, 1.82) is 0 Å². The Hall–Kier alpha value is -1.60. The number of benzene rings is 2. The van der Waals surface area contributed by atoms with Gasteiger partial charge in [0.05, 0.1) is 6.10 Å². The Morgan fingerprint density at radius 2 is 1.83 bits per heavy atom. The van der Waals surface area contributed by atoms with Crippen molar-refractivity contribution in [3.05, 3.63) is 59.2 Å². The smallest absolute Gasteiger partial charge is 0.0583 e. The van der Waals surface area contributed by atoms with E-state index >= 15 is 0 Å². The molecule has 18 heavy (non-hydrogen) atoms. The lowest BCUT2D eigenvalue weighted by Crippen LogP contribution is -2.08. The van der Waals surface area contributed by atoms with Gasteiger partial charge in [-0.2, -0.15) is 0 Å². The number of methoxy groups -OCH3 is 1. The molecule has 0 N–H and O–H groups in total. The molecule has 0 heterocycles. The highest BCUT2D eigenvalue weighted by atomic mass is 16.5. The fourth-order valence-corrected chi connectivity index (χ4v) is 2.74. The van der Waals surface area contributed by atoms with Gasteiger partial charge in [0.2, 0.25) is 0 Å². The predicted octanol–water partition coefficient (Wildman–Crippen LogP) is 3.84. The van der Waals surface area contributed by atoms with E-state index in [9.17, 15) is 0 Å². The summed E-state index contributed by atoms with van der Waals surface area (Å²) in [6, 6.07) is 15.5. The zero-order chi connectivity index (χ0) is 12.5. The molecule has 92 valence electrons. The van der Waals surface area contributed by atoms with Crippen LogP contribution in [0.4, 0.5) is 0 Å². The Kier molecular flexibility index (Phi) is 2.92. The van der Waals surface area contributed by atoms with Crippen LogP contribution in [0.15, 0.2) is 42.5 Å². The molecule has 1 nitrogen and oxygen atoms in total. The van der Waals surface area contributed by atoms with E-state index < -0.39 is 0 Å². The molecule has 1 aliphatic rings. The molecule has 0 saturated carbocycles. The second-order valence-corrected chi connectivity index (χ2v) is 5.08. The van der Waals surface area contributed by atoms with E-state index in [-0.39, 0.29) is 6.10 Å². The van der Waals surface area contributed by atoms with E-state index in [0.29, 0.717) is 0 Å². The molecule has 0 spiro atoms. The number of hydrogen-bond donors (Lipinski definition) is 0. The van der Waals surface area contributed by atoms with Crippen LogP contribution in [0, 0.1) is 0 Å². The largest absolute Gasteiger partial charge is 0.381 e. The first kappa shape index (κ1) is 11.5. The van der Waals surface area contributed by atoms with Gasteiger partial charge in [-0.1, -0.05) is 42.5 Å². The SMILES string of the molecule is COC(C)Cc1ccc2c(c1)Cc1ccccc1-2. The van der Waals surface area contributed by atoms with Gasteiger partial charge in [0, 0.05) is 7.11 Å². The normalized spacial score (nSPS) is 14.1. The van der Waals surface area contributed by atoms with Crippen LogP contribution in [0.5, 0.6) is 0 Å². The maximum atomic E-state index is 5.34. The predicted molar refractivity (Wildman–Crippen MR) is 74.9 cm³/mol. The van der Waals surface area contributed by atoms with E-state index in [2.05, 4.69) is 49.4 Å². The Morgan fingerprint density at radius 1 is 1.06 bits per heavy atom. The summed E-state index contributed by atoms with van der Waals surface area (Å²) in [6.45, 7) is 2.11. The first-order valence-electron chi connectivity index (χ1n) is 6.51. The summed E-state index contributed by atoms with van der Waals surface area (Å²) in [7, 11) is 1.77. The number of fused-ring (bicyclic) bond motifs is 3. The molecule has 1 unspecified atom stereocenters. The van der Waals surface area contributed by atoms with Crippen LogP contribution in [-0.4, -0.2) is 13.2 Å². The maximum Gasteiger partial charge on any atom is 0.0583 e. The van der Waals surface area contributed by atoms with Crippen molar-refractivity contribution in [2.24, 2.45) is 0 Å². The Bertz CT molecular complexity index is 572. The highest BCUT2D eigenvalue weighted by Crippen LogP contribution is 2.36. The van der Waals surface area contributed by atoms with Crippen molar-refractivity contribution in [3.63, 3.8) is 0 Å². The molecule has 2 aromatic carbocycles. The van der Waals surface area contributed by atoms with Gasteiger partial charge in [-0.3, -0.25) is 0 Å². The molecule has 2 aromatic rings. The first-order chi connectivity index (χ1) is 8.78. The number of ether oxygens (including phenoxy) is 1. The lowest BCUT2D eigenvalue weighted by Gasteiger charge is -2.10. The van der Waals surface area contributed by atoms with Crippen LogP contribution in [-0.2, 0) is 17.6 Å². The van der Waals surface area contributed by atoms with Crippen molar-refractivity contribution in [1.82, 2.24) is 0 Å². The number of rotatable bonds is 3. The van der Waals surface area contributed by atoms with Gasteiger partial charge in [0.25, 0.3) is 0 Å². The molecule has 0 fully saturated rings. The summed E-state index contributed by atoms with van der Waals surface area (Å²) in [5.41, 5.74) is 7.08. The van der Waals surface area contributed by atoms with Crippen molar-refractivity contribution < 1.29 is 4.74 Å². The number of hydrogen-bond acceptors (Lipinski definition) is 1. The van der Waals surface area contributed by atoms with Crippen molar-refractivity contribution in [2.45, 2.75) is 25.9 Å². The van der Waals surface area contributed by atoms with Gasteiger partial charge < -0.3 is 4.74 Å². The summed E-state index contributed by atoms with van der Waals surface area (Å²) in [6.07, 6.45) is 2.34. The minimum atomic E-state index is 0.284. The third-order valence-corrected chi connectivity index (χ3v) is 3.78. The third kappa shape index (κ3) is 1.95.